The zero-order valence-corrected chi connectivity index (χ0v) is 11.1. The lowest BCUT2D eigenvalue weighted by atomic mass is 10.1. The molecule has 1 rings (SSSR count). The lowest BCUT2D eigenvalue weighted by Gasteiger charge is -1.98. The molecular weight excluding hydrogens is 216 g/mol. The van der Waals surface area contributed by atoms with Gasteiger partial charge in [-0.3, -0.25) is 0 Å². The molecule has 0 nitrogen and oxygen atoms in total. The van der Waals surface area contributed by atoms with Gasteiger partial charge in [-0.1, -0.05) is 85.0 Å². The van der Waals surface area contributed by atoms with Gasteiger partial charge < -0.3 is 0 Å². The first-order valence-electron chi connectivity index (χ1n) is 6.23. The molecule has 0 atom stereocenters. The minimum atomic E-state index is 1.23. The zero-order chi connectivity index (χ0) is 13.1. The van der Waals surface area contributed by atoms with E-state index in [4.69, 9.17) is 0 Å². The van der Waals surface area contributed by atoms with Gasteiger partial charge in [0.2, 0.25) is 0 Å². The van der Waals surface area contributed by atoms with Crippen LogP contribution in [0.3, 0.4) is 0 Å². The summed E-state index contributed by atoms with van der Waals surface area (Å²) in [6, 6.07) is 8.36. The fourth-order valence-electron chi connectivity index (χ4n) is 1.48. The predicted molar refractivity (Wildman–Crippen MR) is 83.3 cm³/mol. The summed E-state index contributed by atoms with van der Waals surface area (Å²) in [7, 11) is 0. The molecule has 0 heteroatoms. The van der Waals surface area contributed by atoms with Gasteiger partial charge in [0.05, 0.1) is 0 Å². The molecule has 0 aliphatic heterocycles. The van der Waals surface area contributed by atoms with Crippen LogP contribution in [0.25, 0.3) is 12.2 Å². The van der Waals surface area contributed by atoms with Gasteiger partial charge in [-0.15, -0.1) is 0 Å². The van der Waals surface area contributed by atoms with Gasteiger partial charge in [0.15, 0.2) is 0 Å². The largest absolute Gasteiger partial charge is 0.0877 e. The highest BCUT2D eigenvalue weighted by molar-refractivity contribution is 5.66. The standard InChI is InChI=1S/C18H20/c1-3-5-7-8-10-14-18-16-12-11-15-17(18)13-9-6-4-2/h3-16H,1-2H3/b5-3+,6-4+,8-7+,13-9+,14-10-. The molecule has 18 heavy (non-hydrogen) atoms. The molecule has 0 unspecified atom stereocenters. The maximum Gasteiger partial charge on any atom is -0.0184 e. The van der Waals surface area contributed by atoms with E-state index in [9.17, 15) is 0 Å². The molecule has 92 valence electrons. The molecule has 0 radical (unpaired) electrons. The van der Waals surface area contributed by atoms with Crippen LogP contribution in [0.5, 0.6) is 0 Å². The molecule has 0 aromatic heterocycles. The van der Waals surface area contributed by atoms with Crippen molar-refractivity contribution < 1.29 is 0 Å². The average molecular weight is 236 g/mol. The maximum atomic E-state index is 2.12. The second-order valence-corrected chi connectivity index (χ2v) is 3.78. The minimum absolute atomic E-state index is 1.23. The van der Waals surface area contributed by atoms with Crippen molar-refractivity contribution in [3.8, 4) is 0 Å². The Labute approximate surface area is 110 Å². The Hall–Kier alpha value is -2.08. The zero-order valence-electron chi connectivity index (χ0n) is 11.1. The van der Waals surface area contributed by atoms with Crippen LogP contribution in [0, 0.1) is 0 Å². The van der Waals surface area contributed by atoms with Gasteiger partial charge in [-0.2, -0.15) is 0 Å². The minimum Gasteiger partial charge on any atom is -0.0877 e. The predicted octanol–water partition coefficient (Wildman–Crippen LogP) is 5.42. The quantitative estimate of drug-likeness (QED) is 0.599. The fraction of sp³-hybridized carbons (Fsp3) is 0.111. The molecule has 0 saturated heterocycles. The van der Waals surface area contributed by atoms with Crippen molar-refractivity contribution in [2.75, 3.05) is 0 Å². The summed E-state index contributed by atoms with van der Waals surface area (Å²) in [5.74, 6) is 0. The third kappa shape index (κ3) is 5.31. The Morgan fingerprint density at radius 3 is 1.61 bits per heavy atom. The van der Waals surface area contributed by atoms with Crippen LogP contribution < -0.4 is 0 Å². The molecule has 0 spiro atoms. The number of hydrogen-bond donors (Lipinski definition) is 0. The van der Waals surface area contributed by atoms with E-state index in [-0.39, 0.29) is 0 Å². The van der Waals surface area contributed by atoms with Crippen molar-refractivity contribution >= 4 is 12.2 Å². The first kappa shape index (κ1) is 14.0. The van der Waals surface area contributed by atoms with Crippen LogP contribution in [-0.4, -0.2) is 0 Å². The lowest BCUT2D eigenvalue weighted by Crippen LogP contribution is -1.78. The molecule has 0 N–H and O–H groups in total. The van der Waals surface area contributed by atoms with E-state index in [0.717, 1.165) is 0 Å². The van der Waals surface area contributed by atoms with E-state index in [0.29, 0.717) is 0 Å². The molecule has 0 saturated carbocycles. The topological polar surface area (TPSA) is 0 Å². The van der Waals surface area contributed by atoms with Crippen LogP contribution in [0.1, 0.15) is 25.0 Å². The van der Waals surface area contributed by atoms with Gasteiger partial charge in [0.25, 0.3) is 0 Å². The summed E-state index contributed by atoms with van der Waals surface area (Å²) < 4.78 is 0. The molecule has 0 heterocycles. The van der Waals surface area contributed by atoms with Crippen LogP contribution in [0.2, 0.25) is 0 Å². The lowest BCUT2D eigenvalue weighted by molar-refractivity contribution is 1.61. The molecule has 0 aliphatic rings. The molecule has 1 aromatic rings. The maximum absolute atomic E-state index is 2.12. The van der Waals surface area contributed by atoms with Crippen LogP contribution >= 0.6 is 0 Å². The highest BCUT2D eigenvalue weighted by Gasteiger charge is 1.92. The molecular formula is C18H20. The van der Waals surface area contributed by atoms with Crippen molar-refractivity contribution in [1.29, 1.82) is 0 Å². The first-order chi connectivity index (χ1) is 8.88. The van der Waals surface area contributed by atoms with Crippen molar-refractivity contribution in [3.05, 3.63) is 84.0 Å². The highest BCUT2D eigenvalue weighted by atomic mass is 14.0. The molecule has 0 aliphatic carbocycles. The summed E-state index contributed by atoms with van der Waals surface area (Å²) in [6.45, 7) is 4.03. The molecule has 0 fully saturated rings. The third-order valence-electron chi connectivity index (χ3n) is 2.38. The van der Waals surface area contributed by atoms with Crippen molar-refractivity contribution in [3.63, 3.8) is 0 Å². The SMILES string of the molecule is C/C=C/C=C/C=C\c1ccccc1/C=C/C=C/C. The Morgan fingerprint density at radius 1 is 0.611 bits per heavy atom. The van der Waals surface area contributed by atoms with Crippen molar-refractivity contribution in [1.82, 2.24) is 0 Å². The monoisotopic (exact) mass is 236 g/mol. The van der Waals surface area contributed by atoms with Gasteiger partial charge in [-0.25, -0.2) is 0 Å². The number of benzene rings is 1. The van der Waals surface area contributed by atoms with Crippen LogP contribution in [0.15, 0.2) is 72.9 Å². The third-order valence-corrected chi connectivity index (χ3v) is 2.38. The molecule has 1 aromatic carbocycles. The van der Waals surface area contributed by atoms with E-state index >= 15 is 0 Å². The summed E-state index contributed by atoms with van der Waals surface area (Å²) in [6.07, 6.45) is 20.5. The average Bonchev–Trinajstić information content (AvgIpc) is 2.40. The van der Waals surface area contributed by atoms with Crippen LogP contribution in [-0.2, 0) is 0 Å². The normalized spacial score (nSPS) is 13.0. The summed E-state index contributed by atoms with van der Waals surface area (Å²) in [5.41, 5.74) is 2.45. The second kappa shape index (κ2) is 9.00. The number of hydrogen-bond acceptors (Lipinski definition) is 0. The van der Waals surface area contributed by atoms with E-state index < -0.39 is 0 Å². The van der Waals surface area contributed by atoms with E-state index in [1.165, 1.54) is 11.1 Å². The Morgan fingerprint density at radius 2 is 1.06 bits per heavy atom. The molecule has 0 amide bonds. The Balaban J connectivity index is 2.82. The summed E-state index contributed by atoms with van der Waals surface area (Å²) >= 11 is 0. The summed E-state index contributed by atoms with van der Waals surface area (Å²) in [5, 5.41) is 0. The fourth-order valence-corrected chi connectivity index (χ4v) is 1.48. The Kier molecular flexibility index (Phi) is 6.99. The van der Waals surface area contributed by atoms with Gasteiger partial charge in [0.1, 0.15) is 0 Å². The highest BCUT2D eigenvalue weighted by Crippen LogP contribution is 2.12. The van der Waals surface area contributed by atoms with E-state index in [1.807, 2.05) is 50.3 Å². The number of allylic oxidation sites excluding steroid dienone is 8. The van der Waals surface area contributed by atoms with Crippen molar-refractivity contribution in [2.45, 2.75) is 13.8 Å². The van der Waals surface area contributed by atoms with Crippen molar-refractivity contribution in [2.24, 2.45) is 0 Å². The van der Waals surface area contributed by atoms with E-state index in [2.05, 4.69) is 48.6 Å². The summed E-state index contributed by atoms with van der Waals surface area (Å²) in [4.78, 5) is 0. The van der Waals surface area contributed by atoms with Gasteiger partial charge in [-0.05, 0) is 25.0 Å². The molecule has 0 bridgehead atoms. The Bertz CT molecular complexity index is 483. The van der Waals surface area contributed by atoms with Gasteiger partial charge in [0, 0.05) is 0 Å². The number of rotatable bonds is 5. The van der Waals surface area contributed by atoms with Crippen LogP contribution in [0.4, 0.5) is 0 Å². The smallest absolute Gasteiger partial charge is 0.0184 e. The van der Waals surface area contributed by atoms with Gasteiger partial charge >= 0.3 is 0 Å². The van der Waals surface area contributed by atoms with E-state index in [1.54, 1.807) is 0 Å². The first-order valence-corrected chi connectivity index (χ1v) is 6.23. The second-order valence-electron chi connectivity index (χ2n) is 3.78.